The average Bonchev–Trinajstić information content (AvgIpc) is 2.46. The first kappa shape index (κ1) is 14.4. The molecule has 110 valence electrons. The maximum atomic E-state index is 6.04. The van der Waals surface area contributed by atoms with E-state index in [1.807, 2.05) is 24.3 Å². The molecule has 1 aromatic heterocycles. The highest BCUT2D eigenvalue weighted by Gasteiger charge is 2.30. The summed E-state index contributed by atoms with van der Waals surface area (Å²) in [6.07, 6.45) is 4.06. The van der Waals surface area contributed by atoms with Gasteiger partial charge in [0.2, 0.25) is 5.88 Å². The Balaban J connectivity index is 1.51. The highest BCUT2D eigenvalue weighted by molar-refractivity contribution is 6.30. The number of methoxy groups -OCH3 is 1. The first-order valence-electron chi connectivity index (χ1n) is 7.23. The lowest BCUT2D eigenvalue weighted by Gasteiger charge is -2.36. The minimum Gasteiger partial charge on any atom is -0.481 e. The second kappa shape index (κ2) is 6.46. The molecular weight excluding hydrogens is 284 g/mol. The van der Waals surface area contributed by atoms with Gasteiger partial charge in [-0.25, -0.2) is 4.98 Å². The molecule has 21 heavy (non-hydrogen) atoms. The summed E-state index contributed by atoms with van der Waals surface area (Å²) in [6, 6.07) is 12.7. The largest absolute Gasteiger partial charge is 0.481 e. The minimum atomic E-state index is 0.555. The number of aromatic nitrogens is 1. The van der Waals surface area contributed by atoms with E-state index in [4.69, 9.17) is 16.3 Å². The number of halogens is 1. The standard InChI is InChI=1S/C17H19ClN2O/c1-21-17-13(5-3-7-19-17)11-20-16-9-14(10-16)12-4-2-6-15(18)8-12/h2-8,14,16,20H,9-11H2,1H3. The normalized spacial score (nSPS) is 20.9. The number of hydrogen-bond acceptors (Lipinski definition) is 3. The van der Waals surface area contributed by atoms with Crippen molar-refractivity contribution >= 4 is 11.6 Å². The highest BCUT2D eigenvalue weighted by atomic mass is 35.5. The van der Waals surface area contributed by atoms with Crippen molar-refractivity contribution in [1.82, 2.24) is 10.3 Å². The lowest BCUT2D eigenvalue weighted by atomic mass is 9.76. The van der Waals surface area contributed by atoms with Crippen molar-refractivity contribution in [3.8, 4) is 5.88 Å². The molecule has 3 nitrogen and oxygen atoms in total. The van der Waals surface area contributed by atoms with Crippen LogP contribution in [0.3, 0.4) is 0 Å². The van der Waals surface area contributed by atoms with Gasteiger partial charge < -0.3 is 10.1 Å². The van der Waals surface area contributed by atoms with Crippen LogP contribution in [0.2, 0.25) is 5.02 Å². The molecule has 0 amide bonds. The van der Waals surface area contributed by atoms with Crippen molar-refractivity contribution in [2.45, 2.75) is 31.3 Å². The number of benzene rings is 1. The molecule has 0 saturated heterocycles. The first-order chi connectivity index (χ1) is 10.3. The molecule has 2 aromatic rings. The maximum Gasteiger partial charge on any atom is 0.217 e. The van der Waals surface area contributed by atoms with Crippen molar-refractivity contribution in [2.24, 2.45) is 0 Å². The van der Waals surface area contributed by atoms with Crippen LogP contribution < -0.4 is 10.1 Å². The Kier molecular flexibility index (Phi) is 4.42. The van der Waals surface area contributed by atoms with Crippen molar-refractivity contribution < 1.29 is 4.74 Å². The number of rotatable bonds is 5. The van der Waals surface area contributed by atoms with E-state index >= 15 is 0 Å². The molecule has 0 atom stereocenters. The third kappa shape index (κ3) is 3.36. The van der Waals surface area contributed by atoms with Crippen LogP contribution in [0.1, 0.15) is 29.9 Å². The summed E-state index contributed by atoms with van der Waals surface area (Å²) in [7, 11) is 1.66. The zero-order valence-electron chi connectivity index (χ0n) is 12.1. The van der Waals surface area contributed by atoms with E-state index in [1.54, 1.807) is 13.3 Å². The molecule has 1 heterocycles. The molecule has 0 bridgehead atoms. The fraction of sp³-hybridized carbons (Fsp3) is 0.353. The molecule has 0 radical (unpaired) electrons. The second-order valence-electron chi connectivity index (χ2n) is 5.47. The zero-order chi connectivity index (χ0) is 14.7. The number of pyridine rings is 1. The van der Waals surface area contributed by atoms with Crippen LogP contribution in [0.4, 0.5) is 0 Å². The van der Waals surface area contributed by atoms with Crippen LogP contribution in [-0.2, 0) is 6.54 Å². The van der Waals surface area contributed by atoms with Crippen LogP contribution in [0.25, 0.3) is 0 Å². The van der Waals surface area contributed by atoms with Gasteiger partial charge in [-0.15, -0.1) is 0 Å². The Labute approximate surface area is 130 Å². The predicted octanol–water partition coefficient (Wildman–Crippen LogP) is 3.78. The molecule has 0 aliphatic heterocycles. The quantitative estimate of drug-likeness (QED) is 0.912. The van der Waals surface area contributed by atoms with Crippen molar-refractivity contribution in [1.29, 1.82) is 0 Å². The number of ether oxygens (including phenoxy) is 1. The minimum absolute atomic E-state index is 0.555. The van der Waals surface area contributed by atoms with Gasteiger partial charge in [0.1, 0.15) is 0 Å². The van der Waals surface area contributed by atoms with Gasteiger partial charge in [0, 0.05) is 29.4 Å². The number of nitrogens with zero attached hydrogens (tertiary/aromatic N) is 1. The second-order valence-corrected chi connectivity index (χ2v) is 5.91. The van der Waals surface area contributed by atoms with E-state index in [0.29, 0.717) is 17.8 Å². The Morgan fingerprint density at radius 3 is 2.90 bits per heavy atom. The predicted molar refractivity (Wildman–Crippen MR) is 84.8 cm³/mol. The fourth-order valence-corrected chi connectivity index (χ4v) is 3.01. The van der Waals surface area contributed by atoms with Crippen LogP contribution in [0.5, 0.6) is 5.88 Å². The molecule has 1 N–H and O–H groups in total. The molecule has 0 spiro atoms. The summed E-state index contributed by atoms with van der Waals surface area (Å²) >= 11 is 6.04. The summed E-state index contributed by atoms with van der Waals surface area (Å²) in [5.74, 6) is 1.33. The number of nitrogens with one attached hydrogen (secondary N) is 1. The van der Waals surface area contributed by atoms with Gasteiger partial charge in [-0.3, -0.25) is 0 Å². The van der Waals surface area contributed by atoms with Crippen LogP contribution in [0, 0.1) is 0 Å². The van der Waals surface area contributed by atoms with Gasteiger partial charge in [0.05, 0.1) is 7.11 Å². The Morgan fingerprint density at radius 2 is 2.14 bits per heavy atom. The Hall–Kier alpha value is -1.58. The first-order valence-corrected chi connectivity index (χ1v) is 7.61. The van der Waals surface area contributed by atoms with E-state index < -0.39 is 0 Å². The Bertz CT molecular complexity index is 611. The maximum absolute atomic E-state index is 6.04. The van der Waals surface area contributed by atoms with Crippen LogP contribution >= 0.6 is 11.6 Å². The molecule has 1 saturated carbocycles. The van der Waals surface area contributed by atoms with E-state index in [9.17, 15) is 0 Å². The van der Waals surface area contributed by atoms with Gasteiger partial charge in [-0.05, 0) is 42.5 Å². The molecule has 1 fully saturated rings. The smallest absolute Gasteiger partial charge is 0.217 e. The van der Waals surface area contributed by atoms with Gasteiger partial charge in [-0.2, -0.15) is 0 Å². The Morgan fingerprint density at radius 1 is 1.29 bits per heavy atom. The lowest BCUT2D eigenvalue weighted by molar-refractivity contribution is 0.287. The van der Waals surface area contributed by atoms with E-state index in [0.717, 1.165) is 30.0 Å². The monoisotopic (exact) mass is 302 g/mol. The van der Waals surface area contributed by atoms with E-state index in [2.05, 4.69) is 22.4 Å². The molecular formula is C17H19ClN2O. The van der Waals surface area contributed by atoms with Gasteiger partial charge in [-0.1, -0.05) is 29.8 Å². The molecule has 4 heteroatoms. The third-order valence-electron chi connectivity index (χ3n) is 4.08. The molecule has 0 unspecified atom stereocenters. The van der Waals surface area contributed by atoms with Crippen molar-refractivity contribution in [3.05, 3.63) is 58.7 Å². The van der Waals surface area contributed by atoms with Crippen molar-refractivity contribution in [3.63, 3.8) is 0 Å². The summed E-state index contributed by atoms with van der Waals surface area (Å²) in [4.78, 5) is 4.21. The van der Waals surface area contributed by atoms with Crippen molar-refractivity contribution in [2.75, 3.05) is 7.11 Å². The third-order valence-corrected chi connectivity index (χ3v) is 4.32. The van der Waals surface area contributed by atoms with Gasteiger partial charge >= 0.3 is 0 Å². The molecule has 1 aliphatic rings. The molecule has 3 rings (SSSR count). The fourth-order valence-electron chi connectivity index (χ4n) is 2.81. The van der Waals surface area contributed by atoms with Gasteiger partial charge in [0.25, 0.3) is 0 Å². The van der Waals surface area contributed by atoms with Crippen LogP contribution in [0.15, 0.2) is 42.6 Å². The topological polar surface area (TPSA) is 34.1 Å². The van der Waals surface area contributed by atoms with Gasteiger partial charge in [0.15, 0.2) is 0 Å². The SMILES string of the molecule is COc1ncccc1CNC1CC(c2cccc(Cl)c2)C1. The average molecular weight is 303 g/mol. The summed E-state index contributed by atoms with van der Waals surface area (Å²) in [6.45, 7) is 0.796. The summed E-state index contributed by atoms with van der Waals surface area (Å²) in [5.41, 5.74) is 2.45. The van der Waals surface area contributed by atoms with Crippen LogP contribution in [-0.4, -0.2) is 18.1 Å². The summed E-state index contributed by atoms with van der Waals surface area (Å²) < 4.78 is 5.27. The highest BCUT2D eigenvalue weighted by Crippen LogP contribution is 2.37. The molecule has 1 aromatic carbocycles. The van der Waals surface area contributed by atoms with E-state index in [1.165, 1.54) is 5.56 Å². The van der Waals surface area contributed by atoms with E-state index in [-0.39, 0.29) is 0 Å². The lowest BCUT2D eigenvalue weighted by Crippen LogP contribution is -2.39. The molecule has 1 aliphatic carbocycles. The number of hydrogen-bond donors (Lipinski definition) is 1. The zero-order valence-corrected chi connectivity index (χ0v) is 12.8. The summed E-state index contributed by atoms with van der Waals surface area (Å²) in [5, 5.41) is 4.39.